The van der Waals surface area contributed by atoms with E-state index >= 15 is 0 Å². The summed E-state index contributed by atoms with van der Waals surface area (Å²) in [4.78, 5) is 47.1. The smallest absolute Gasteiger partial charge is 0.339 e. The van der Waals surface area contributed by atoms with Crippen molar-refractivity contribution >= 4 is 34.4 Å². The molecular formula is C32H38N4O10. The van der Waals surface area contributed by atoms with Gasteiger partial charge in [-0.05, 0) is 85.1 Å². The molecule has 0 saturated carbocycles. The molecule has 2 N–H and O–H groups in total. The van der Waals surface area contributed by atoms with Crippen LogP contribution in [0.1, 0.15) is 63.5 Å². The van der Waals surface area contributed by atoms with Crippen molar-refractivity contribution in [2.24, 2.45) is 0 Å². The van der Waals surface area contributed by atoms with Gasteiger partial charge in [-0.2, -0.15) is 5.26 Å². The fourth-order valence-corrected chi connectivity index (χ4v) is 6.52. The molecule has 0 aromatic heterocycles. The van der Waals surface area contributed by atoms with E-state index in [1.807, 2.05) is 11.0 Å². The van der Waals surface area contributed by atoms with Crippen molar-refractivity contribution in [1.29, 1.82) is 0 Å². The van der Waals surface area contributed by atoms with E-state index < -0.39 is 15.8 Å². The predicted molar refractivity (Wildman–Crippen MR) is 168 cm³/mol. The Labute approximate surface area is 265 Å². The Morgan fingerprint density at radius 3 is 1.83 bits per heavy atom. The van der Waals surface area contributed by atoms with E-state index in [2.05, 4.69) is 22.4 Å². The fraction of sp³-hybridized carbons (Fsp3) is 0.438. The maximum absolute atomic E-state index is 11.7. The first kappa shape index (κ1) is 34.1. The van der Waals surface area contributed by atoms with Gasteiger partial charge < -0.3 is 24.6 Å². The molecule has 4 unspecified atom stereocenters. The van der Waals surface area contributed by atoms with Crippen LogP contribution < -0.4 is 14.8 Å². The number of methoxy groups -OCH3 is 2. The van der Waals surface area contributed by atoms with Crippen LogP contribution in [0.3, 0.4) is 0 Å². The third kappa shape index (κ3) is 7.87. The third-order valence-corrected chi connectivity index (χ3v) is 8.53. The quantitative estimate of drug-likeness (QED) is 0.238. The van der Waals surface area contributed by atoms with E-state index in [1.54, 1.807) is 25.1 Å². The van der Waals surface area contributed by atoms with Crippen LogP contribution in [0.5, 0.6) is 11.5 Å². The molecule has 4 atom stereocenters. The van der Waals surface area contributed by atoms with Crippen LogP contribution in [0, 0.1) is 20.2 Å². The summed E-state index contributed by atoms with van der Waals surface area (Å²) in [5, 5.41) is 32.7. The predicted octanol–water partition coefficient (Wildman–Crippen LogP) is 5.30. The molecule has 46 heavy (non-hydrogen) atoms. The van der Waals surface area contributed by atoms with Gasteiger partial charge in [-0.1, -0.05) is 12.2 Å². The van der Waals surface area contributed by atoms with Crippen molar-refractivity contribution in [3.8, 4) is 11.5 Å². The van der Waals surface area contributed by atoms with Gasteiger partial charge in [0.1, 0.15) is 0 Å². The van der Waals surface area contributed by atoms with Crippen molar-refractivity contribution in [3.63, 3.8) is 0 Å². The molecule has 6 rings (SSSR count). The first-order valence-corrected chi connectivity index (χ1v) is 14.9. The van der Waals surface area contributed by atoms with Crippen LogP contribution in [-0.2, 0) is 14.5 Å². The Bertz CT molecular complexity index is 1560. The van der Waals surface area contributed by atoms with Crippen molar-refractivity contribution in [3.05, 3.63) is 79.9 Å². The number of hydrogen-bond acceptors (Lipinski definition) is 11. The van der Waals surface area contributed by atoms with Gasteiger partial charge in [0.2, 0.25) is 5.91 Å². The minimum absolute atomic E-state index is 0.0174. The van der Waals surface area contributed by atoms with Crippen LogP contribution in [0.2, 0.25) is 0 Å². The molecule has 0 spiro atoms. The van der Waals surface area contributed by atoms with Crippen LogP contribution >= 0.6 is 0 Å². The number of rotatable bonds is 6. The van der Waals surface area contributed by atoms with E-state index in [9.17, 15) is 29.8 Å². The first-order chi connectivity index (χ1) is 21.9. The van der Waals surface area contributed by atoms with Crippen molar-refractivity contribution < 1.29 is 39.1 Å². The van der Waals surface area contributed by atoms with Crippen molar-refractivity contribution in [2.75, 3.05) is 14.2 Å². The van der Waals surface area contributed by atoms with Gasteiger partial charge in [0.15, 0.2) is 11.5 Å². The summed E-state index contributed by atoms with van der Waals surface area (Å²) in [5.74, 6) is 0.0214. The molecule has 14 heteroatoms. The highest BCUT2D eigenvalue weighted by Crippen LogP contribution is 2.40. The van der Waals surface area contributed by atoms with E-state index in [0.29, 0.717) is 17.8 Å². The fourth-order valence-electron chi connectivity index (χ4n) is 6.52. The van der Waals surface area contributed by atoms with Gasteiger partial charge in [0, 0.05) is 44.1 Å². The van der Waals surface area contributed by atoms with Crippen molar-refractivity contribution in [1.82, 2.24) is 10.2 Å². The minimum Gasteiger partial charge on any atom is -0.490 e. The van der Waals surface area contributed by atoms with Crippen LogP contribution in [0.25, 0.3) is 11.1 Å². The van der Waals surface area contributed by atoms with Gasteiger partial charge in [0.25, 0.3) is 0 Å². The summed E-state index contributed by atoms with van der Waals surface area (Å²) in [7, 11) is 2.90. The van der Waals surface area contributed by atoms with Gasteiger partial charge in [0.05, 0.1) is 30.1 Å². The summed E-state index contributed by atoms with van der Waals surface area (Å²) >= 11 is 0. The number of ether oxygens (including phenoxy) is 2. The lowest BCUT2D eigenvalue weighted by Gasteiger charge is -2.33. The molecule has 4 aliphatic heterocycles. The molecule has 4 heterocycles. The lowest BCUT2D eigenvalue weighted by molar-refractivity contribution is -0.385. The highest BCUT2D eigenvalue weighted by molar-refractivity contribution is 5.78. The van der Waals surface area contributed by atoms with E-state index in [0.717, 1.165) is 49.3 Å². The second-order valence-corrected chi connectivity index (χ2v) is 11.4. The van der Waals surface area contributed by atoms with Gasteiger partial charge in [-0.25, -0.2) is 4.79 Å². The molecule has 4 bridgehead atoms. The van der Waals surface area contributed by atoms with Crippen LogP contribution in [-0.4, -0.2) is 70.3 Å². The van der Waals surface area contributed by atoms with Gasteiger partial charge in [-0.3, -0.25) is 25.0 Å². The average molecular weight is 639 g/mol. The number of nitrogens with one attached hydrogen (secondary N) is 1. The average Bonchev–Trinajstić information content (AvgIpc) is 3.53. The van der Waals surface area contributed by atoms with Crippen molar-refractivity contribution in [2.45, 2.75) is 76.5 Å². The zero-order valence-electron chi connectivity index (χ0n) is 26.1. The largest absolute Gasteiger partial charge is 0.490 e. The monoisotopic (exact) mass is 638 g/mol. The van der Waals surface area contributed by atoms with Crippen LogP contribution in [0.4, 0.5) is 11.4 Å². The molecule has 2 aromatic rings. The first-order valence-electron chi connectivity index (χ1n) is 14.9. The highest BCUT2D eigenvalue weighted by atomic mass is 17.1. The number of fused-ring (bicyclic) bond motifs is 4. The Hall–Kier alpha value is -4.82. The number of amides is 1. The summed E-state index contributed by atoms with van der Waals surface area (Å²) in [5.41, 5.74) is 4.35. The Morgan fingerprint density at radius 1 is 0.848 bits per heavy atom. The number of nitro groups is 2. The maximum atomic E-state index is 11.7. The highest BCUT2D eigenvalue weighted by Gasteiger charge is 2.38. The van der Waals surface area contributed by atoms with Gasteiger partial charge >= 0.3 is 17.3 Å². The Morgan fingerprint density at radius 2 is 1.39 bits per heavy atom. The second kappa shape index (κ2) is 15.0. The molecule has 4 aliphatic rings. The Balaban J connectivity index is 0.000000184. The lowest BCUT2D eigenvalue weighted by atomic mass is 9.94. The topological polar surface area (TPSA) is 184 Å². The van der Waals surface area contributed by atoms with Gasteiger partial charge in [-0.15, -0.1) is 0 Å². The third-order valence-electron chi connectivity index (χ3n) is 8.53. The second-order valence-electron chi connectivity index (χ2n) is 11.4. The van der Waals surface area contributed by atoms with E-state index in [4.69, 9.17) is 14.7 Å². The molecule has 246 valence electrons. The standard InChI is InChI=1S/C16H18N2O4.C14H16N2O3.C2H4O3/c1-10(19)17-13-4-5-14(17)8-12(7-13)11-3-6-15(18(20)21)16(9-11)22-2;1-19-14-8-9(2-5-13(14)16(17)18)10-6-11-3-4-12(7-10)15-11;1-2(3)5-4/h3,6-7,9,13-14H,4-5,8H2,1-2H3;2,5-6,8,11-12,15H,3-4,7H2,1H3;4H,1H3. The number of hydrogen-bond donors (Lipinski definition) is 2. The molecule has 0 radical (unpaired) electrons. The number of carbonyl (C=O) groups excluding carboxylic acids is 2. The number of benzene rings is 2. The van der Waals surface area contributed by atoms with E-state index in [1.165, 1.54) is 44.8 Å². The number of carbonyl (C=O) groups is 2. The normalized spacial score (nSPS) is 22.2. The minimum atomic E-state index is -0.690. The van der Waals surface area contributed by atoms with Crippen LogP contribution in [0.15, 0.2) is 48.6 Å². The molecule has 14 nitrogen and oxygen atoms in total. The summed E-state index contributed by atoms with van der Waals surface area (Å²) in [6.07, 6.45) is 10.5. The lowest BCUT2D eigenvalue weighted by Crippen LogP contribution is -2.41. The molecule has 1 amide bonds. The molecule has 2 fully saturated rings. The summed E-state index contributed by atoms with van der Waals surface area (Å²) in [6, 6.07) is 11.5. The zero-order chi connectivity index (χ0) is 33.5. The number of nitro benzene ring substituents is 2. The number of nitrogens with zero attached hydrogens (tertiary/aromatic N) is 3. The van der Waals surface area contributed by atoms with E-state index in [-0.39, 0.29) is 35.1 Å². The summed E-state index contributed by atoms with van der Waals surface area (Å²) < 4.78 is 10.3. The molecular weight excluding hydrogens is 600 g/mol. The molecule has 0 aliphatic carbocycles. The zero-order valence-corrected chi connectivity index (χ0v) is 26.1. The molecule has 2 aromatic carbocycles. The maximum Gasteiger partial charge on any atom is 0.339 e. The SMILES string of the molecule is CC(=O)OO.COc1cc(C2=CC3CCC(C2)N3)ccc1[N+](=O)[O-].COc1cc(C2=CC3CCC(C2)N3C(C)=O)ccc1[N+](=O)[O-]. The molecule has 2 saturated heterocycles. The summed E-state index contributed by atoms with van der Waals surface area (Å²) in [6.45, 7) is 2.72. The Kier molecular flexibility index (Phi) is 11.1.